The highest BCUT2D eigenvalue weighted by Gasteiger charge is 2.46. The molecule has 4 nitrogen and oxygen atoms in total. The number of likely N-dealkylation sites (tertiary alicyclic amines) is 1. The summed E-state index contributed by atoms with van der Waals surface area (Å²) >= 11 is 0. The summed E-state index contributed by atoms with van der Waals surface area (Å²) < 4.78 is 5.47. The summed E-state index contributed by atoms with van der Waals surface area (Å²) in [7, 11) is 0. The van der Waals surface area contributed by atoms with Crippen molar-refractivity contribution in [3.63, 3.8) is 0 Å². The fourth-order valence-corrected chi connectivity index (χ4v) is 3.68. The average molecular weight is 269 g/mol. The first kappa shape index (κ1) is 14.6. The standard InChI is InChI=1S/C15H27NO3/c1-14(2,3)19-13(18)16-9-5-8-15(11-16)7-4-6-12(15)10-17/h12,17H,4-11H2,1-3H3. The molecule has 1 aliphatic heterocycles. The predicted octanol–water partition coefficient (Wildman–Crippen LogP) is 2.80. The highest BCUT2D eigenvalue weighted by Crippen LogP contribution is 2.49. The fourth-order valence-electron chi connectivity index (χ4n) is 3.68. The van der Waals surface area contributed by atoms with Crippen LogP contribution < -0.4 is 0 Å². The first-order chi connectivity index (χ1) is 8.86. The molecule has 19 heavy (non-hydrogen) atoms. The second-order valence-electron chi connectivity index (χ2n) is 7.14. The molecule has 0 aromatic heterocycles. The number of rotatable bonds is 1. The minimum absolute atomic E-state index is 0.143. The summed E-state index contributed by atoms with van der Waals surface area (Å²) in [5.41, 5.74) is -0.294. The molecular weight excluding hydrogens is 242 g/mol. The van der Waals surface area contributed by atoms with Gasteiger partial charge < -0.3 is 14.7 Å². The van der Waals surface area contributed by atoms with Crippen LogP contribution >= 0.6 is 0 Å². The van der Waals surface area contributed by atoms with Crippen molar-refractivity contribution >= 4 is 6.09 Å². The number of amides is 1. The molecule has 2 fully saturated rings. The zero-order valence-corrected chi connectivity index (χ0v) is 12.4. The molecule has 2 aliphatic rings. The number of hydrogen-bond acceptors (Lipinski definition) is 3. The van der Waals surface area contributed by atoms with Crippen LogP contribution in [-0.2, 0) is 4.74 Å². The zero-order valence-electron chi connectivity index (χ0n) is 12.4. The van der Waals surface area contributed by atoms with E-state index in [-0.39, 0.29) is 18.1 Å². The van der Waals surface area contributed by atoms with Gasteiger partial charge in [0, 0.05) is 19.7 Å². The van der Waals surface area contributed by atoms with Gasteiger partial charge in [0.15, 0.2) is 0 Å². The first-order valence-electron chi connectivity index (χ1n) is 7.45. The van der Waals surface area contributed by atoms with E-state index in [0.29, 0.717) is 5.92 Å². The highest BCUT2D eigenvalue weighted by atomic mass is 16.6. The number of carbonyl (C=O) groups excluding carboxylic acids is 1. The second-order valence-corrected chi connectivity index (χ2v) is 7.14. The maximum absolute atomic E-state index is 12.2. The van der Waals surface area contributed by atoms with Gasteiger partial charge in [-0.3, -0.25) is 0 Å². The van der Waals surface area contributed by atoms with Gasteiger partial charge in [-0.25, -0.2) is 4.79 Å². The van der Waals surface area contributed by atoms with Crippen LogP contribution in [0.3, 0.4) is 0 Å². The Bertz CT molecular complexity index is 337. The van der Waals surface area contributed by atoms with Gasteiger partial charge in [0.25, 0.3) is 0 Å². The maximum atomic E-state index is 12.2. The van der Waals surface area contributed by atoms with Crippen LogP contribution in [0.4, 0.5) is 4.79 Å². The van der Waals surface area contributed by atoms with Crippen molar-refractivity contribution in [2.24, 2.45) is 11.3 Å². The lowest BCUT2D eigenvalue weighted by molar-refractivity contribution is -0.0104. The van der Waals surface area contributed by atoms with Crippen molar-refractivity contribution in [2.45, 2.75) is 58.5 Å². The molecule has 0 bridgehead atoms. The summed E-state index contributed by atoms with van der Waals surface area (Å²) in [6.07, 6.45) is 5.37. The minimum Gasteiger partial charge on any atom is -0.444 e. The Morgan fingerprint density at radius 2 is 2.05 bits per heavy atom. The number of hydrogen-bond donors (Lipinski definition) is 1. The van der Waals surface area contributed by atoms with Crippen LogP contribution in [0.5, 0.6) is 0 Å². The largest absolute Gasteiger partial charge is 0.444 e. The number of aliphatic hydroxyl groups excluding tert-OH is 1. The van der Waals surface area contributed by atoms with Crippen molar-refractivity contribution in [1.82, 2.24) is 4.90 Å². The fraction of sp³-hybridized carbons (Fsp3) is 0.933. The molecule has 2 atom stereocenters. The van der Waals surface area contributed by atoms with Gasteiger partial charge in [0.2, 0.25) is 0 Å². The molecule has 0 aromatic carbocycles. The van der Waals surface area contributed by atoms with Crippen LogP contribution in [0, 0.1) is 11.3 Å². The summed E-state index contributed by atoms with van der Waals surface area (Å²) in [5.74, 6) is 0.359. The van der Waals surface area contributed by atoms with Crippen LogP contribution in [0.1, 0.15) is 52.9 Å². The summed E-state index contributed by atoms with van der Waals surface area (Å²) in [6, 6.07) is 0. The molecule has 1 saturated carbocycles. The van der Waals surface area contributed by atoms with E-state index in [9.17, 15) is 9.90 Å². The molecule has 1 spiro atoms. The SMILES string of the molecule is CC(C)(C)OC(=O)N1CCCC2(CCCC2CO)C1. The molecule has 1 N–H and O–H groups in total. The summed E-state index contributed by atoms with van der Waals surface area (Å²) in [5, 5.41) is 9.56. The van der Waals surface area contributed by atoms with E-state index in [1.807, 2.05) is 25.7 Å². The molecule has 1 heterocycles. The van der Waals surface area contributed by atoms with Crippen molar-refractivity contribution in [3.05, 3.63) is 0 Å². The number of nitrogens with zero attached hydrogens (tertiary/aromatic N) is 1. The van der Waals surface area contributed by atoms with Crippen molar-refractivity contribution < 1.29 is 14.6 Å². The van der Waals surface area contributed by atoms with Gasteiger partial charge >= 0.3 is 6.09 Å². The third-order valence-electron chi connectivity index (χ3n) is 4.57. The number of carbonyl (C=O) groups is 1. The van der Waals surface area contributed by atoms with E-state index in [1.54, 1.807) is 0 Å². The van der Waals surface area contributed by atoms with Crippen LogP contribution in [0.25, 0.3) is 0 Å². The smallest absolute Gasteiger partial charge is 0.410 e. The Morgan fingerprint density at radius 3 is 2.68 bits per heavy atom. The molecular formula is C15H27NO3. The van der Waals surface area contributed by atoms with E-state index < -0.39 is 5.60 Å². The molecule has 2 unspecified atom stereocenters. The lowest BCUT2D eigenvalue weighted by atomic mass is 9.72. The molecule has 1 saturated heterocycles. The number of ether oxygens (including phenoxy) is 1. The number of piperidine rings is 1. The third-order valence-corrected chi connectivity index (χ3v) is 4.57. The van der Waals surface area contributed by atoms with Gasteiger partial charge in [-0.05, 0) is 57.8 Å². The van der Waals surface area contributed by atoms with Gasteiger partial charge in [0.1, 0.15) is 5.60 Å². The topological polar surface area (TPSA) is 49.8 Å². The molecule has 4 heteroatoms. The molecule has 0 aromatic rings. The molecule has 110 valence electrons. The van der Waals surface area contributed by atoms with Crippen LogP contribution in [0.2, 0.25) is 0 Å². The molecule has 1 amide bonds. The first-order valence-corrected chi connectivity index (χ1v) is 7.45. The molecule has 0 radical (unpaired) electrons. The Hall–Kier alpha value is -0.770. The summed E-state index contributed by atoms with van der Waals surface area (Å²) in [4.78, 5) is 14.0. The Morgan fingerprint density at radius 1 is 1.37 bits per heavy atom. The van der Waals surface area contributed by atoms with E-state index in [1.165, 1.54) is 6.42 Å². The average Bonchev–Trinajstić information content (AvgIpc) is 2.69. The van der Waals surface area contributed by atoms with E-state index in [4.69, 9.17) is 4.74 Å². The predicted molar refractivity (Wildman–Crippen MR) is 73.9 cm³/mol. The van der Waals surface area contributed by atoms with Crippen molar-refractivity contribution in [3.8, 4) is 0 Å². The van der Waals surface area contributed by atoms with Crippen LogP contribution in [0.15, 0.2) is 0 Å². The quantitative estimate of drug-likeness (QED) is 0.796. The van der Waals surface area contributed by atoms with Gasteiger partial charge in [0.05, 0.1) is 0 Å². The van der Waals surface area contributed by atoms with Gasteiger partial charge in [-0.1, -0.05) is 6.42 Å². The normalized spacial score (nSPS) is 31.8. The monoisotopic (exact) mass is 269 g/mol. The lowest BCUT2D eigenvalue weighted by Crippen LogP contribution is -2.49. The molecule has 2 rings (SSSR count). The third kappa shape index (κ3) is 3.22. The van der Waals surface area contributed by atoms with E-state index in [2.05, 4.69) is 0 Å². The van der Waals surface area contributed by atoms with Crippen molar-refractivity contribution in [2.75, 3.05) is 19.7 Å². The number of aliphatic hydroxyl groups is 1. The maximum Gasteiger partial charge on any atom is 0.410 e. The lowest BCUT2D eigenvalue weighted by Gasteiger charge is -2.44. The van der Waals surface area contributed by atoms with E-state index in [0.717, 1.165) is 38.8 Å². The van der Waals surface area contributed by atoms with E-state index >= 15 is 0 Å². The van der Waals surface area contributed by atoms with Crippen LogP contribution in [-0.4, -0.2) is 41.4 Å². The highest BCUT2D eigenvalue weighted by molar-refractivity contribution is 5.68. The van der Waals surface area contributed by atoms with Crippen molar-refractivity contribution in [1.29, 1.82) is 0 Å². The van der Waals surface area contributed by atoms with Gasteiger partial charge in [-0.15, -0.1) is 0 Å². The zero-order chi connectivity index (χ0) is 14.1. The summed E-state index contributed by atoms with van der Waals surface area (Å²) in [6.45, 7) is 7.49. The van der Waals surface area contributed by atoms with Gasteiger partial charge in [-0.2, -0.15) is 0 Å². The molecule has 1 aliphatic carbocycles. The minimum atomic E-state index is -0.437. The Labute approximate surface area is 116 Å². The second kappa shape index (κ2) is 5.31. The Balaban J connectivity index is 2.03. The Kier molecular flexibility index (Phi) is 4.09.